The molecule has 6 heteroatoms. The fourth-order valence-corrected chi connectivity index (χ4v) is 8.31. The smallest absolute Gasteiger partial charge is 0.295 e. The minimum atomic E-state index is -4.44. The lowest BCUT2D eigenvalue weighted by atomic mass is 10.0. The van der Waals surface area contributed by atoms with Crippen LogP contribution < -0.4 is 20.7 Å². The summed E-state index contributed by atoms with van der Waals surface area (Å²) in [5.41, 5.74) is 3.59. The van der Waals surface area contributed by atoms with Crippen LogP contribution in [-0.4, -0.2) is 20.1 Å². The summed E-state index contributed by atoms with van der Waals surface area (Å²) in [4.78, 5) is 0.00572. The Balaban J connectivity index is 2.51. The molecular formula is C25H29O4PS. The number of methoxy groups -OCH3 is 1. The van der Waals surface area contributed by atoms with Crippen molar-refractivity contribution in [3.63, 3.8) is 0 Å². The van der Waals surface area contributed by atoms with Gasteiger partial charge < -0.3 is 4.74 Å². The summed E-state index contributed by atoms with van der Waals surface area (Å²) in [6.07, 6.45) is 0. The van der Waals surface area contributed by atoms with E-state index in [1.807, 2.05) is 56.3 Å². The van der Waals surface area contributed by atoms with E-state index in [1.54, 1.807) is 14.0 Å². The highest BCUT2D eigenvalue weighted by Crippen LogP contribution is 2.42. The first-order chi connectivity index (χ1) is 14.6. The molecule has 0 fully saturated rings. The van der Waals surface area contributed by atoms with Crippen LogP contribution in [0.25, 0.3) is 0 Å². The molecule has 0 aliphatic heterocycles. The fourth-order valence-electron chi connectivity index (χ4n) is 3.91. The molecular weight excluding hydrogens is 427 g/mol. The Kier molecular flexibility index (Phi) is 6.90. The molecule has 0 aromatic heterocycles. The molecule has 31 heavy (non-hydrogen) atoms. The highest BCUT2D eigenvalue weighted by molar-refractivity contribution is 7.88. The zero-order chi connectivity index (χ0) is 22.9. The van der Waals surface area contributed by atoms with Crippen LogP contribution >= 0.6 is 7.92 Å². The SMILES string of the molecule is COc1ccccc1P(c1ccccc1C(C)C)c1cc(C)c(C)c(C)c1S(=O)(=O)O. The molecule has 0 bridgehead atoms. The van der Waals surface area contributed by atoms with Crippen LogP contribution in [0.1, 0.15) is 42.0 Å². The number of benzene rings is 3. The van der Waals surface area contributed by atoms with Gasteiger partial charge in [0.25, 0.3) is 10.1 Å². The van der Waals surface area contributed by atoms with E-state index in [1.165, 1.54) is 0 Å². The molecule has 0 aliphatic rings. The third-order valence-electron chi connectivity index (χ3n) is 5.71. The number of aryl methyl sites for hydroxylation is 1. The molecule has 0 heterocycles. The maximum atomic E-state index is 12.6. The third-order valence-corrected chi connectivity index (χ3v) is 9.47. The maximum absolute atomic E-state index is 12.6. The number of para-hydroxylation sites is 1. The van der Waals surface area contributed by atoms with Crippen molar-refractivity contribution in [3.05, 3.63) is 76.9 Å². The van der Waals surface area contributed by atoms with Crippen LogP contribution in [0.2, 0.25) is 0 Å². The standard InChI is InChI=1S/C25H29O4PS/c1-16(2)20-11-7-9-13-22(20)30(23-14-10-8-12-21(23)29-6)24-15-17(3)18(4)19(5)25(24)31(26,27)28/h7-16H,1-6H3,(H,26,27,28). The summed E-state index contributed by atoms with van der Waals surface area (Å²) in [6.45, 7) is 9.88. The Hall–Kier alpha value is -2.20. The lowest BCUT2D eigenvalue weighted by Gasteiger charge is -2.28. The number of rotatable bonds is 6. The first kappa shape index (κ1) is 23.5. The highest BCUT2D eigenvalue weighted by Gasteiger charge is 2.31. The van der Waals surface area contributed by atoms with Crippen LogP contribution in [0, 0.1) is 20.8 Å². The van der Waals surface area contributed by atoms with E-state index in [0.717, 1.165) is 27.3 Å². The van der Waals surface area contributed by atoms with Gasteiger partial charge in [-0.2, -0.15) is 8.42 Å². The molecule has 3 aromatic rings. The summed E-state index contributed by atoms with van der Waals surface area (Å²) in [6, 6.07) is 17.8. The van der Waals surface area contributed by atoms with Gasteiger partial charge in [0.2, 0.25) is 0 Å². The summed E-state index contributed by atoms with van der Waals surface area (Å²) in [7, 11) is -4.14. The molecule has 1 unspecified atom stereocenters. The van der Waals surface area contributed by atoms with E-state index in [0.29, 0.717) is 16.6 Å². The topological polar surface area (TPSA) is 63.6 Å². The van der Waals surface area contributed by atoms with Gasteiger partial charge in [-0.25, -0.2) is 0 Å². The minimum absolute atomic E-state index is 0.00572. The Morgan fingerprint density at radius 2 is 1.45 bits per heavy atom. The lowest BCUT2D eigenvalue weighted by Crippen LogP contribution is -2.29. The number of ether oxygens (including phenoxy) is 1. The molecule has 0 saturated carbocycles. The Bertz CT molecular complexity index is 1220. The van der Waals surface area contributed by atoms with Gasteiger partial charge in [-0.3, -0.25) is 4.55 Å². The molecule has 0 saturated heterocycles. The predicted octanol–water partition coefficient (Wildman–Crippen LogP) is 4.75. The van der Waals surface area contributed by atoms with E-state index >= 15 is 0 Å². The van der Waals surface area contributed by atoms with Crippen molar-refractivity contribution in [2.75, 3.05) is 7.11 Å². The van der Waals surface area contributed by atoms with Crippen LogP contribution in [0.5, 0.6) is 5.75 Å². The number of hydrogen-bond donors (Lipinski definition) is 1. The monoisotopic (exact) mass is 456 g/mol. The third kappa shape index (κ3) is 4.55. The molecule has 1 N–H and O–H groups in total. The van der Waals surface area contributed by atoms with Gasteiger partial charge in [0, 0.05) is 10.6 Å². The second-order valence-electron chi connectivity index (χ2n) is 7.99. The second kappa shape index (κ2) is 9.12. The molecule has 3 aromatic carbocycles. The molecule has 164 valence electrons. The minimum Gasteiger partial charge on any atom is -0.496 e. The first-order valence-electron chi connectivity index (χ1n) is 10.2. The zero-order valence-corrected chi connectivity index (χ0v) is 20.5. The Morgan fingerprint density at radius 1 is 0.871 bits per heavy atom. The van der Waals surface area contributed by atoms with E-state index in [-0.39, 0.29) is 10.8 Å². The predicted molar refractivity (Wildman–Crippen MR) is 130 cm³/mol. The van der Waals surface area contributed by atoms with E-state index in [4.69, 9.17) is 4.74 Å². The van der Waals surface area contributed by atoms with Crippen LogP contribution in [0.3, 0.4) is 0 Å². The Morgan fingerprint density at radius 3 is 2.03 bits per heavy atom. The molecule has 0 aliphatic carbocycles. The van der Waals surface area contributed by atoms with Gasteiger partial charge in [0.05, 0.1) is 7.11 Å². The largest absolute Gasteiger partial charge is 0.496 e. The molecule has 0 amide bonds. The normalized spacial score (nSPS) is 12.8. The maximum Gasteiger partial charge on any atom is 0.295 e. The molecule has 3 rings (SSSR count). The number of hydrogen-bond acceptors (Lipinski definition) is 3. The van der Waals surface area contributed by atoms with Crippen LogP contribution in [0.15, 0.2) is 59.5 Å². The van der Waals surface area contributed by atoms with Gasteiger partial charge >= 0.3 is 0 Å². The average Bonchev–Trinajstić information content (AvgIpc) is 2.72. The zero-order valence-electron chi connectivity index (χ0n) is 18.8. The molecule has 4 nitrogen and oxygen atoms in total. The van der Waals surface area contributed by atoms with Crippen molar-refractivity contribution >= 4 is 34.0 Å². The van der Waals surface area contributed by atoms with Gasteiger partial charge in [-0.05, 0) is 74.3 Å². The quantitative estimate of drug-likeness (QED) is 0.430. The first-order valence-corrected chi connectivity index (χ1v) is 13.0. The summed E-state index contributed by atoms with van der Waals surface area (Å²) in [5, 5.41) is 2.60. The van der Waals surface area contributed by atoms with Crippen LogP contribution in [0.4, 0.5) is 0 Å². The van der Waals surface area contributed by atoms with Crippen molar-refractivity contribution < 1.29 is 17.7 Å². The lowest BCUT2D eigenvalue weighted by molar-refractivity contribution is 0.418. The van der Waals surface area contributed by atoms with Gasteiger partial charge in [0.15, 0.2) is 0 Å². The van der Waals surface area contributed by atoms with Crippen molar-refractivity contribution in [1.29, 1.82) is 0 Å². The highest BCUT2D eigenvalue weighted by atomic mass is 32.2. The van der Waals surface area contributed by atoms with Gasteiger partial charge in [0.1, 0.15) is 10.6 Å². The summed E-state index contributed by atoms with van der Waals surface area (Å²) < 4.78 is 41.2. The average molecular weight is 457 g/mol. The van der Waals surface area contributed by atoms with E-state index in [2.05, 4.69) is 26.0 Å². The van der Waals surface area contributed by atoms with Crippen LogP contribution in [-0.2, 0) is 10.1 Å². The molecule has 0 spiro atoms. The van der Waals surface area contributed by atoms with Crippen molar-refractivity contribution in [2.45, 2.75) is 45.4 Å². The van der Waals surface area contributed by atoms with E-state index < -0.39 is 18.0 Å². The summed E-state index contributed by atoms with van der Waals surface area (Å²) in [5.74, 6) is 0.946. The van der Waals surface area contributed by atoms with Gasteiger partial charge in [-0.1, -0.05) is 56.3 Å². The Labute approximate surface area is 186 Å². The molecule has 1 atom stereocenters. The molecule has 0 radical (unpaired) electrons. The summed E-state index contributed by atoms with van der Waals surface area (Å²) >= 11 is 0. The second-order valence-corrected chi connectivity index (χ2v) is 11.5. The van der Waals surface area contributed by atoms with Crippen molar-refractivity contribution in [1.82, 2.24) is 0 Å². The van der Waals surface area contributed by atoms with E-state index in [9.17, 15) is 13.0 Å². The fraction of sp³-hybridized carbons (Fsp3) is 0.280. The van der Waals surface area contributed by atoms with Gasteiger partial charge in [-0.15, -0.1) is 0 Å². The van der Waals surface area contributed by atoms with Crippen molar-refractivity contribution in [2.24, 2.45) is 0 Å². The van der Waals surface area contributed by atoms with Crippen molar-refractivity contribution in [3.8, 4) is 5.75 Å².